The molecular weight excluding hydrogens is 466 g/mol. The van der Waals surface area contributed by atoms with Gasteiger partial charge >= 0.3 is 6.03 Å². The van der Waals surface area contributed by atoms with Crippen molar-refractivity contribution in [2.45, 2.75) is 75.5 Å². The summed E-state index contributed by atoms with van der Waals surface area (Å²) in [5, 5.41) is 19.0. The van der Waals surface area contributed by atoms with Crippen molar-refractivity contribution in [3.63, 3.8) is 0 Å². The van der Waals surface area contributed by atoms with E-state index in [0.29, 0.717) is 43.7 Å². The summed E-state index contributed by atoms with van der Waals surface area (Å²) in [6, 6.07) is 7.34. The molecule has 3 rings (SSSR count). The van der Waals surface area contributed by atoms with Crippen LogP contribution < -0.4 is 10.6 Å². The predicted molar refractivity (Wildman–Crippen MR) is 140 cm³/mol. The van der Waals surface area contributed by atoms with Crippen molar-refractivity contribution in [1.29, 1.82) is 0 Å². The molecule has 7 nitrogen and oxygen atoms in total. The number of nitrogens with zero attached hydrogens (tertiary/aromatic N) is 1. The Morgan fingerprint density at radius 2 is 2.11 bits per heavy atom. The molecule has 2 unspecified atom stereocenters. The van der Waals surface area contributed by atoms with E-state index in [1.54, 1.807) is 24.1 Å². The van der Waals surface area contributed by atoms with Crippen molar-refractivity contribution in [2.24, 2.45) is 5.92 Å². The van der Waals surface area contributed by atoms with Crippen LogP contribution in [0.3, 0.4) is 0 Å². The SMILES string of the molecule is CNC[C@H](CC1CCCCC1)NC(=O)N1CCOC(C(O)(CCCCOC)c2cccc(Cl)c2)C1. The molecule has 1 saturated carbocycles. The topological polar surface area (TPSA) is 83.1 Å². The molecule has 1 aromatic carbocycles. The van der Waals surface area contributed by atoms with Gasteiger partial charge in [-0.15, -0.1) is 0 Å². The van der Waals surface area contributed by atoms with Crippen LogP contribution in [0.1, 0.15) is 63.4 Å². The predicted octanol–water partition coefficient (Wildman–Crippen LogP) is 4.31. The number of urea groups is 1. The molecule has 0 aromatic heterocycles. The lowest BCUT2D eigenvalue weighted by Crippen LogP contribution is -2.58. The van der Waals surface area contributed by atoms with Gasteiger partial charge in [-0.3, -0.25) is 0 Å². The van der Waals surface area contributed by atoms with Crippen LogP contribution in [0, 0.1) is 5.92 Å². The van der Waals surface area contributed by atoms with E-state index in [1.807, 2.05) is 19.2 Å². The number of halogens is 1. The normalized spacial score (nSPS) is 21.9. The Kier molecular flexibility index (Phi) is 11.6. The Hall–Kier alpha value is -1.38. The molecule has 35 heavy (non-hydrogen) atoms. The lowest BCUT2D eigenvalue weighted by atomic mass is 9.82. The lowest BCUT2D eigenvalue weighted by Gasteiger charge is -2.43. The van der Waals surface area contributed by atoms with E-state index in [4.69, 9.17) is 21.1 Å². The van der Waals surface area contributed by atoms with Crippen molar-refractivity contribution in [1.82, 2.24) is 15.5 Å². The number of aliphatic hydroxyl groups is 1. The van der Waals surface area contributed by atoms with Crippen molar-refractivity contribution < 1.29 is 19.4 Å². The highest BCUT2D eigenvalue weighted by Crippen LogP contribution is 2.35. The van der Waals surface area contributed by atoms with Gasteiger partial charge in [0, 0.05) is 37.9 Å². The second-order valence-corrected chi connectivity index (χ2v) is 10.6. The number of ether oxygens (including phenoxy) is 2. The van der Waals surface area contributed by atoms with Crippen LogP contribution >= 0.6 is 11.6 Å². The molecule has 198 valence electrons. The van der Waals surface area contributed by atoms with E-state index in [-0.39, 0.29) is 12.1 Å². The highest BCUT2D eigenvalue weighted by molar-refractivity contribution is 6.30. The third kappa shape index (κ3) is 8.32. The van der Waals surface area contributed by atoms with E-state index in [0.717, 1.165) is 31.4 Å². The molecule has 8 heteroatoms. The first-order valence-corrected chi connectivity index (χ1v) is 13.6. The van der Waals surface area contributed by atoms with Gasteiger partial charge in [0.05, 0.1) is 13.2 Å². The Labute approximate surface area is 215 Å². The first-order valence-electron chi connectivity index (χ1n) is 13.2. The van der Waals surface area contributed by atoms with Gasteiger partial charge in [-0.1, -0.05) is 55.8 Å². The number of hydrogen-bond acceptors (Lipinski definition) is 5. The van der Waals surface area contributed by atoms with E-state index in [2.05, 4.69) is 10.6 Å². The molecule has 2 fully saturated rings. The van der Waals surface area contributed by atoms with Crippen LogP contribution in [0.15, 0.2) is 24.3 Å². The number of methoxy groups -OCH3 is 1. The van der Waals surface area contributed by atoms with E-state index in [1.165, 1.54) is 32.1 Å². The van der Waals surface area contributed by atoms with Gasteiger partial charge < -0.3 is 30.1 Å². The zero-order chi connectivity index (χ0) is 25.1. The fourth-order valence-electron chi connectivity index (χ4n) is 5.54. The molecular formula is C27H44ClN3O4. The van der Waals surface area contributed by atoms with Crippen molar-refractivity contribution >= 4 is 17.6 Å². The van der Waals surface area contributed by atoms with Crippen LogP contribution in [0.5, 0.6) is 0 Å². The smallest absolute Gasteiger partial charge is 0.317 e. The molecule has 1 heterocycles. The number of carbonyl (C=O) groups excluding carboxylic acids is 1. The summed E-state index contributed by atoms with van der Waals surface area (Å²) in [5.41, 5.74) is -0.524. The summed E-state index contributed by atoms with van der Waals surface area (Å²) in [7, 11) is 3.61. The number of benzene rings is 1. The van der Waals surface area contributed by atoms with Crippen LogP contribution in [0.4, 0.5) is 4.79 Å². The highest BCUT2D eigenvalue weighted by Gasteiger charge is 2.42. The standard InChI is InChI=1S/C27H44ClN3O4/c1-29-19-24(17-21-9-4-3-5-10-21)30-26(32)31-14-16-35-25(20-31)27(33,13-6-7-15-34-2)22-11-8-12-23(28)18-22/h8,11-12,18,21,24-25,29,33H,3-7,9-10,13-17,19-20H2,1-2H3,(H,30,32)/t24-,25?,27?/m0/s1. The zero-order valence-corrected chi connectivity index (χ0v) is 22.2. The van der Waals surface area contributed by atoms with Gasteiger partial charge in [-0.2, -0.15) is 0 Å². The molecule has 3 N–H and O–H groups in total. The Morgan fingerprint density at radius 3 is 2.83 bits per heavy atom. The first-order chi connectivity index (χ1) is 17.0. The van der Waals surface area contributed by atoms with Gasteiger partial charge in [0.15, 0.2) is 0 Å². The lowest BCUT2D eigenvalue weighted by molar-refractivity contribution is -0.146. The summed E-state index contributed by atoms with van der Waals surface area (Å²) in [4.78, 5) is 15.1. The van der Waals surface area contributed by atoms with Crippen molar-refractivity contribution in [3.8, 4) is 0 Å². The third-order valence-electron chi connectivity index (χ3n) is 7.49. The average molecular weight is 510 g/mol. The number of unbranched alkanes of at least 4 members (excludes halogenated alkanes) is 1. The summed E-state index contributed by atoms with van der Waals surface area (Å²) < 4.78 is 11.3. The number of nitrogens with one attached hydrogen (secondary N) is 2. The molecule has 0 bridgehead atoms. The third-order valence-corrected chi connectivity index (χ3v) is 7.72. The average Bonchev–Trinajstić information content (AvgIpc) is 2.87. The Bertz CT molecular complexity index is 777. The maximum Gasteiger partial charge on any atom is 0.317 e. The van der Waals surface area contributed by atoms with Crippen LogP contribution in [0.2, 0.25) is 5.02 Å². The largest absolute Gasteiger partial charge is 0.385 e. The number of morpholine rings is 1. The molecule has 1 aromatic rings. The molecule has 0 spiro atoms. The highest BCUT2D eigenvalue weighted by atomic mass is 35.5. The molecule has 1 aliphatic carbocycles. The summed E-state index contributed by atoms with van der Waals surface area (Å²) >= 11 is 6.27. The number of hydrogen-bond donors (Lipinski definition) is 3. The number of rotatable bonds is 12. The monoisotopic (exact) mass is 509 g/mol. The van der Waals surface area contributed by atoms with Gasteiger partial charge in [0.2, 0.25) is 0 Å². The summed E-state index contributed by atoms with van der Waals surface area (Å²) in [6.45, 7) is 2.61. The Balaban J connectivity index is 1.67. The first kappa shape index (κ1) is 28.2. The molecule has 0 radical (unpaired) electrons. The van der Waals surface area contributed by atoms with Gasteiger partial charge in [-0.05, 0) is 56.3 Å². The summed E-state index contributed by atoms with van der Waals surface area (Å²) in [5.74, 6) is 0.680. The van der Waals surface area contributed by atoms with Crippen LogP contribution in [-0.2, 0) is 15.1 Å². The second-order valence-electron chi connectivity index (χ2n) is 10.1. The Morgan fingerprint density at radius 1 is 1.31 bits per heavy atom. The second kappa shape index (κ2) is 14.4. The van der Waals surface area contributed by atoms with Gasteiger partial charge in [0.1, 0.15) is 11.7 Å². The molecule has 3 atom stereocenters. The van der Waals surface area contributed by atoms with Crippen LogP contribution in [-0.4, -0.2) is 75.2 Å². The molecule has 2 aliphatic rings. The maximum absolute atomic E-state index is 13.3. The molecule has 1 aliphatic heterocycles. The maximum atomic E-state index is 13.3. The van der Waals surface area contributed by atoms with E-state index >= 15 is 0 Å². The minimum Gasteiger partial charge on any atom is -0.385 e. The number of carbonyl (C=O) groups is 1. The number of amides is 2. The van der Waals surface area contributed by atoms with E-state index in [9.17, 15) is 9.90 Å². The fraction of sp³-hybridized carbons (Fsp3) is 0.741. The minimum absolute atomic E-state index is 0.0813. The van der Waals surface area contributed by atoms with E-state index < -0.39 is 11.7 Å². The van der Waals surface area contributed by atoms with Gasteiger partial charge in [-0.25, -0.2) is 4.79 Å². The van der Waals surface area contributed by atoms with Gasteiger partial charge in [0.25, 0.3) is 0 Å². The molecule has 1 saturated heterocycles. The van der Waals surface area contributed by atoms with Crippen LogP contribution in [0.25, 0.3) is 0 Å². The zero-order valence-electron chi connectivity index (χ0n) is 21.4. The number of likely N-dealkylation sites (N-methyl/N-ethyl adjacent to an activating group) is 1. The summed E-state index contributed by atoms with van der Waals surface area (Å²) in [6.07, 6.45) is 9.01. The molecule has 2 amide bonds. The van der Waals surface area contributed by atoms with Crippen molar-refractivity contribution in [3.05, 3.63) is 34.9 Å². The minimum atomic E-state index is -1.25. The van der Waals surface area contributed by atoms with Crippen molar-refractivity contribution in [2.75, 3.05) is 47.0 Å². The fourth-order valence-corrected chi connectivity index (χ4v) is 5.73. The quantitative estimate of drug-likeness (QED) is 0.366.